The molecule has 0 bridgehead atoms. The van der Waals surface area contributed by atoms with Crippen LogP contribution in [0.15, 0.2) is 4.99 Å². The van der Waals surface area contributed by atoms with Gasteiger partial charge in [0.25, 0.3) is 0 Å². The van der Waals surface area contributed by atoms with Gasteiger partial charge in [0.05, 0.1) is 0 Å². The second-order valence-corrected chi connectivity index (χ2v) is 7.27. The van der Waals surface area contributed by atoms with Crippen molar-refractivity contribution >= 4 is 11.9 Å². The fourth-order valence-electron chi connectivity index (χ4n) is 3.76. The number of aliphatic imine (C=N–C) groups is 1. The molecule has 1 saturated heterocycles. The number of amides is 1. The Bertz CT molecular complexity index is 640. The van der Waals surface area contributed by atoms with Gasteiger partial charge < -0.3 is 20.1 Å². The predicted octanol–water partition coefficient (Wildman–Crippen LogP) is 1.11. The number of carbonyl (C=O) groups excluding carboxylic acids is 1. The first kappa shape index (κ1) is 19.6. The van der Waals surface area contributed by atoms with Crippen LogP contribution in [0.4, 0.5) is 0 Å². The van der Waals surface area contributed by atoms with Crippen LogP contribution in [-0.4, -0.2) is 64.3 Å². The Morgan fingerprint density at radius 3 is 2.85 bits per heavy atom. The van der Waals surface area contributed by atoms with Crippen LogP contribution in [0, 0.1) is 0 Å². The van der Waals surface area contributed by atoms with Gasteiger partial charge in [0.1, 0.15) is 11.6 Å². The summed E-state index contributed by atoms with van der Waals surface area (Å²) in [6.07, 6.45) is 8.22. The smallest absolute Gasteiger partial charge is 0.222 e. The van der Waals surface area contributed by atoms with Gasteiger partial charge in [-0.15, -0.1) is 10.2 Å². The molecule has 150 valence electrons. The van der Waals surface area contributed by atoms with Crippen molar-refractivity contribution in [3.8, 4) is 0 Å². The summed E-state index contributed by atoms with van der Waals surface area (Å²) in [6, 6.07) is 0. The molecule has 0 aromatic carbocycles. The van der Waals surface area contributed by atoms with E-state index in [0.29, 0.717) is 6.42 Å². The minimum Gasteiger partial charge on any atom is -0.357 e. The van der Waals surface area contributed by atoms with Crippen molar-refractivity contribution in [1.82, 2.24) is 30.3 Å². The Morgan fingerprint density at radius 2 is 2.04 bits per heavy atom. The number of hydrogen-bond acceptors (Lipinski definition) is 4. The molecule has 3 heterocycles. The number of likely N-dealkylation sites (tertiary alicyclic amines) is 1. The van der Waals surface area contributed by atoms with Crippen LogP contribution in [0.1, 0.15) is 57.1 Å². The first-order valence-corrected chi connectivity index (χ1v) is 10.5. The first-order valence-electron chi connectivity index (χ1n) is 10.5. The number of nitrogens with zero attached hydrogens (tertiary/aromatic N) is 5. The van der Waals surface area contributed by atoms with Gasteiger partial charge in [0.2, 0.25) is 5.91 Å². The quantitative estimate of drug-likeness (QED) is 0.404. The Labute approximate surface area is 161 Å². The average molecular weight is 376 g/mol. The number of fused-ring (bicyclic) bond motifs is 1. The normalized spacial score (nSPS) is 17.7. The van der Waals surface area contributed by atoms with Crippen molar-refractivity contribution in [3.63, 3.8) is 0 Å². The van der Waals surface area contributed by atoms with Crippen molar-refractivity contribution < 1.29 is 4.79 Å². The van der Waals surface area contributed by atoms with Gasteiger partial charge in [-0.1, -0.05) is 6.42 Å². The third kappa shape index (κ3) is 5.68. The van der Waals surface area contributed by atoms with Gasteiger partial charge >= 0.3 is 0 Å². The Balaban J connectivity index is 1.42. The highest BCUT2D eigenvalue weighted by Gasteiger charge is 2.19. The lowest BCUT2D eigenvalue weighted by atomic mass is 10.2. The maximum Gasteiger partial charge on any atom is 0.222 e. The third-order valence-corrected chi connectivity index (χ3v) is 5.20. The summed E-state index contributed by atoms with van der Waals surface area (Å²) in [5.41, 5.74) is 0. The molecule has 0 spiro atoms. The minimum absolute atomic E-state index is 0.288. The highest BCUT2D eigenvalue weighted by Crippen LogP contribution is 2.14. The van der Waals surface area contributed by atoms with Crippen molar-refractivity contribution in [2.45, 2.75) is 64.8 Å². The van der Waals surface area contributed by atoms with E-state index in [9.17, 15) is 4.79 Å². The molecule has 1 fully saturated rings. The molecular formula is C19H33N7O. The molecular weight excluding hydrogens is 342 g/mol. The standard InChI is InChI=1S/C19H33N7O/c1-2-20-19(21-11-7-14-25-13-6-9-18(25)27)22-12-10-17-24-23-16-8-4-3-5-15-26(16)17/h2-15H2,1H3,(H2,20,21,22). The fraction of sp³-hybridized carbons (Fsp3) is 0.789. The highest BCUT2D eigenvalue weighted by molar-refractivity contribution is 5.79. The average Bonchev–Trinajstić information content (AvgIpc) is 3.16. The largest absolute Gasteiger partial charge is 0.357 e. The lowest BCUT2D eigenvalue weighted by molar-refractivity contribution is -0.127. The van der Waals surface area contributed by atoms with E-state index in [-0.39, 0.29) is 5.91 Å². The SMILES string of the molecule is CCNC(=NCCCN1CCCC1=O)NCCc1nnc2n1CCCCC2. The summed E-state index contributed by atoms with van der Waals surface area (Å²) >= 11 is 0. The molecule has 0 aliphatic carbocycles. The summed E-state index contributed by atoms with van der Waals surface area (Å²) in [5, 5.41) is 15.4. The lowest BCUT2D eigenvalue weighted by Crippen LogP contribution is -2.38. The maximum absolute atomic E-state index is 11.6. The molecule has 0 saturated carbocycles. The van der Waals surface area contributed by atoms with Gasteiger partial charge in [0, 0.05) is 58.5 Å². The molecule has 0 unspecified atom stereocenters. The zero-order valence-electron chi connectivity index (χ0n) is 16.5. The summed E-state index contributed by atoms with van der Waals surface area (Å²) in [7, 11) is 0. The van der Waals surface area contributed by atoms with Gasteiger partial charge in [0.15, 0.2) is 5.96 Å². The zero-order chi connectivity index (χ0) is 18.9. The topological polar surface area (TPSA) is 87.4 Å². The second-order valence-electron chi connectivity index (χ2n) is 7.27. The predicted molar refractivity (Wildman–Crippen MR) is 106 cm³/mol. The monoisotopic (exact) mass is 375 g/mol. The highest BCUT2D eigenvalue weighted by atomic mass is 16.2. The molecule has 2 aliphatic heterocycles. The number of carbonyl (C=O) groups is 1. The number of hydrogen-bond donors (Lipinski definition) is 2. The molecule has 0 radical (unpaired) electrons. The van der Waals surface area contributed by atoms with E-state index in [4.69, 9.17) is 0 Å². The lowest BCUT2D eigenvalue weighted by Gasteiger charge is -2.15. The van der Waals surface area contributed by atoms with Gasteiger partial charge in [-0.05, 0) is 32.6 Å². The number of nitrogens with one attached hydrogen (secondary N) is 2. The van der Waals surface area contributed by atoms with Crippen molar-refractivity contribution in [1.29, 1.82) is 0 Å². The molecule has 1 aromatic rings. The van der Waals surface area contributed by atoms with Crippen LogP contribution < -0.4 is 10.6 Å². The van der Waals surface area contributed by atoms with Crippen LogP contribution in [-0.2, 0) is 24.2 Å². The number of rotatable bonds is 8. The van der Waals surface area contributed by atoms with E-state index in [1.165, 1.54) is 19.3 Å². The molecule has 1 amide bonds. The van der Waals surface area contributed by atoms with E-state index in [2.05, 4.69) is 37.3 Å². The van der Waals surface area contributed by atoms with E-state index in [1.54, 1.807) is 0 Å². The molecule has 1 aromatic heterocycles. The molecule has 8 nitrogen and oxygen atoms in total. The van der Waals surface area contributed by atoms with Crippen LogP contribution in [0.5, 0.6) is 0 Å². The Morgan fingerprint density at radius 1 is 1.11 bits per heavy atom. The number of aryl methyl sites for hydroxylation is 1. The summed E-state index contributed by atoms with van der Waals surface area (Å²) in [4.78, 5) is 18.2. The third-order valence-electron chi connectivity index (χ3n) is 5.20. The fourth-order valence-corrected chi connectivity index (χ4v) is 3.76. The van der Waals surface area contributed by atoms with Crippen LogP contribution >= 0.6 is 0 Å². The summed E-state index contributed by atoms with van der Waals surface area (Å²) in [5.74, 6) is 3.33. The summed E-state index contributed by atoms with van der Waals surface area (Å²) < 4.78 is 2.30. The Kier molecular flexibility index (Phi) is 7.47. The van der Waals surface area contributed by atoms with Crippen LogP contribution in [0.25, 0.3) is 0 Å². The van der Waals surface area contributed by atoms with Gasteiger partial charge in [-0.2, -0.15) is 0 Å². The molecule has 2 N–H and O–H groups in total. The van der Waals surface area contributed by atoms with E-state index in [0.717, 1.165) is 82.6 Å². The number of guanidine groups is 1. The van der Waals surface area contributed by atoms with Gasteiger partial charge in [-0.3, -0.25) is 9.79 Å². The number of aromatic nitrogens is 3. The minimum atomic E-state index is 0.288. The molecule has 8 heteroatoms. The molecule has 0 atom stereocenters. The van der Waals surface area contributed by atoms with Crippen LogP contribution in [0.3, 0.4) is 0 Å². The maximum atomic E-state index is 11.6. The van der Waals surface area contributed by atoms with E-state index >= 15 is 0 Å². The van der Waals surface area contributed by atoms with E-state index < -0.39 is 0 Å². The summed E-state index contributed by atoms with van der Waals surface area (Å²) in [6.45, 7) is 7.17. The second kappa shape index (κ2) is 10.3. The Hall–Kier alpha value is -2.12. The van der Waals surface area contributed by atoms with Crippen molar-refractivity contribution in [3.05, 3.63) is 11.6 Å². The first-order chi connectivity index (χ1) is 13.3. The van der Waals surface area contributed by atoms with Crippen molar-refractivity contribution in [2.75, 3.05) is 32.7 Å². The molecule has 3 rings (SSSR count). The van der Waals surface area contributed by atoms with Crippen LogP contribution in [0.2, 0.25) is 0 Å². The molecule has 27 heavy (non-hydrogen) atoms. The van der Waals surface area contributed by atoms with E-state index in [1.807, 2.05) is 4.90 Å². The molecule has 2 aliphatic rings. The zero-order valence-corrected chi connectivity index (χ0v) is 16.5. The van der Waals surface area contributed by atoms with Gasteiger partial charge in [-0.25, -0.2) is 0 Å². The van der Waals surface area contributed by atoms with Crippen molar-refractivity contribution in [2.24, 2.45) is 4.99 Å².